The van der Waals surface area contributed by atoms with Gasteiger partial charge in [-0.15, -0.1) is 0 Å². The van der Waals surface area contributed by atoms with E-state index in [1.165, 1.54) is 13.0 Å². The van der Waals surface area contributed by atoms with Crippen LogP contribution in [0.25, 0.3) is 6.08 Å². The standard InChI is InChI=1S/C11H12O2/c1-9(12)7-8-10-5-3-4-6-11(10)13-2/h3-8H,1-2H3/b8-7+. The molecule has 0 spiro atoms. The highest BCUT2D eigenvalue weighted by Crippen LogP contribution is 2.18. The van der Waals surface area contributed by atoms with Crippen molar-refractivity contribution in [2.45, 2.75) is 6.92 Å². The molecule has 0 aliphatic rings. The molecule has 1 aromatic rings. The summed E-state index contributed by atoms with van der Waals surface area (Å²) in [6.07, 6.45) is 3.28. The molecule has 0 radical (unpaired) electrons. The molecule has 1 rings (SSSR count). The second kappa shape index (κ2) is 4.45. The number of ketones is 1. The summed E-state index contributed by atoms with van der Waals surface area (Å²) in [7, 11) is 1.61. The van der Waals surface area contributed by atoms with Gasteiger partial charge in [-0.25, -0.2) is 0 Å². The first-order valence-electron chi connectivity index (χ1n) is 4.05. The first-order valence-corrected chi connectivity index (χ1v) is 4.05. The molecule has 0 aliphatic carbocycles. The molecule has 0 atom stereocenters. The minimum Gasteiger partial charge on any atom is -0.496 e. The predicted molar refractivity (Wildman–Crippen MR) is 52.7 cm³/mol. The van der Waals surface area contributed by atoms with Gasteiger partial charge in [0, 0.05) is 5.56 Å². The van der Waals surface area contributed by atoms with Crippen LogP contribution in [0.4, 0.5) is 0 Å². The van der Waals surface area contributed by atoms with E-state index in [2.05, 4.69) is 0 Å². The number of ether oxygens (including phenoxy) is 1. The second-order valence-corrected chi connectivity index (χ2v) is 2.69. The zero-order valence-electron chi connectivity index (χ0n) is 7.78. The molecule has 68 valence electrons. The molecule has 2 heteroatoms. The Hall–Kier alpha value is -1.57. The van der Waals surface area contributed by atoms with Gasteiger partial charge in [0.25, 0.3) is 0 Å². The summed E-state index contributed by atoms with van der Waals surface area (Å²) in [6, 6.07) is 7.56. The molecular formula is C11H12O2. The van der Waals surface area contributed by atoms with Crippen LogP contribution in [-0.4, -0.2) is 12.9 Å². The van der Waals surface area contributed by atoms with Crippen molar-refractivity contribution in [2.24, 2.45) is 0 Å². The molecule has 0 fully saturated rings. The molecule has 2 nitrogen and oxygen atoms in total. The van der Waals surface area contributed by atoms with Crippen LogP contribution in [0, 0.1) is 0 Å². The zero-order valence-corrected chi connectivity index (χ0v) is 7.78. The maximum absolute atomic E-state index is 10.7. The fraction of sp³-hybridized carbons (Fsp3) is 0.182. The van der Waals surface area contributed by atoms with Crippen LogP contribution in [-0.2, 0) is 4.79 Å². The predicted octanol–water partition coefficient (Wildman–Crippen LogP) is 2.30. The van der Waals surface area contributed by atoms with E-state index in [-0.39, 0.29) is 5.78 Å². The van der Waals surface area contributed by atoms with E-state index in [0.29, 0.717) is 0 Å². The first-order chi connectivity index (χ1) is 6.24. The third-order valence-electron chi connectivity index (χ3n) is 1.64. The van der Waals surface area contributed by atoms with Gasteiger partial charge in [0.15, 0.2) is 5.78 Å². The Morgan fingerprint density at radius 2 is 2.08 bits per heavy atom. The molecule has 13 heavy (non-hydrogen) atoms. The SMILES string of the molecule is COc1ccccc1/C=C/C(C)=O. The van der Waals surface area contributed by atoms with Crippen LogP contribution in [0.2, 0.25) is 0 Å². The molecule has 0 aliphatic heterocycles. The monoisotopic (exact) mass is 176 g/mol. The molecule has 0 heterocycles. The van der Waals surface area contributed by atoms with Gasteiger partial charge in [-0.05, 0) is 25.1 Å². The van der Waals surface area contributed by atoms with Crippen molar-refractivity contribution in [1.29, 1.82) is 0 Å². The number of methoxy groups -OCH3 is 1. The lowest BCUT2D eigenvalue weighted by atomic mass is 10.2. The van der Waals surface area contributed by atoms with Crippen LogP contribution in [0.5, 0.6) is 5.75 Å². The van der Waals surface area contributed by atoms with Crippen molar-refractivity contribution in [2.75, 3.05) is 7.11 Å². The molecule has 0 saturated carbocycles. The van der Waals surface area contributed by atoms with Gasteiger partial charge in [-0.1, -0.05) is 18.2 Å². The first kappa shape index (κ1) is 9.52. The maximum atomic E-state index is 10.7. The average molecular weight is 176 g/mol. The smallest absolute Gasteiger partial charge is 0.152 e. The normalized spacial score (nSPS) is 10.3. The Morgan fingerprint density at radius 3 is 2.69 bits per heavy atom. The lowest BCUT2D eigenvalue weighted by Gasteiger charge is -2.02. The van der Waals surface area contributed by atoms with Crippen LogP contribution < -0.4 is 4.74 Å². The Kier molecular flexibility index (Phi) is 3.26. The number of hydrogen-bond donors (Lipinski definition) is 0. The lowest BCUT2D eigenvalue weighted by molar-refractivity contribution is -0.112. The summed E-state index contributed by atoms with van der Waals surface area (Å²) in [5.74, 6) is 0.811. The van der Waals surface area contributed by atoms with E-state index in [9.17, 15) is 4.79 Å². The van der Waals surface area contributed by atoms with E-state index in [1.54, 1.807) is 13.2 Å². The van der Waals surface area contributed by atoms with Crippen molar-refractivity contribution in [1.82, 2.24) is 0 Å². The molecule has 0 unspecified atom stereocenters. The number of para-hydroxylation sites is 1. The van der Waals surface area contributed by atoms with E-state index < -0.39 is 0 Å². The third kappa shape index (κ3) is 2.75. The molecule has 0 N–H and O–H groups in total. The van der Waals surface area contributed by atoms with Crippen molar-refractivity contribution < 1.29 is 9.53 Å². The highest BCUT2D eigenvalue weighted by Gasteiger charge is 1.96. The Morgan fingerprint density at radius 1 is 1.38 bits per heavy atom. The van der Waals surface area contributed by atoms with Gasteiger partial charge < -0.3 is 4.74 Å². The van der Waals surface area contributed by atoms with Gasteiger partial charge in [0.1, 0.15) is 5.75 Å². The van der Waals surface area contributed by atoms with Crippen LogP contribution >= 0.6 is 0 Å². The maximum Gasteiger partial charge on any atom is 0.152 e. The van der Waals surface area contributed by atoms with Gasteiger partial charge >= 0.3 is 0 Å². The number of carbonyl (C=O) groups is 1. The number of allylic oxidation sites excluding steroid dienone is 1. The minimum absolute atomic E-state index is 0.0332. The highest BCUT2D eigenvalue weighted by molar-refractivity contribution is 5.91. The van der Waals surface area contributed by atoms with Crippen molar-refractivity contribution in [3.05, 3.63) is 35.9 Å². The van der Waals surface area contributed by atoms with E-state index in [0.717, 1.165) is 11.3 Å². The van der Waals surface area contributed by atoms with Gasteiger partial charge in [-0.2, -0.15) is 0 Å². The summed E-state index contributed by atoms with van der Waals surface area (Å²) in [5.41, 5.74) is 0.917. The summed E-state index contributed by atoms with van der Waals surface area (Å²) < 4.78 is 5.12. The van der Waals surface area contributed by atoms with E-state index >= 15 is 0 Å². The number of carbonyl (C=O) groups excluding carboxylic acids is 1. The quantitative estimate of drug-likeness (QED) is 0.660. The number of hydrogen-bond acceptors (Lipinski definition) is 2. The summed E-state index contributed by atoms with van der Waals surface area (Å²) in [4.78, 5) is 10.7. The molecule has 1 aromatic carbocycles. The van der Waals surface area contributed by atoms with Crippen molar-refractivity contribution >= 4 is 11.9 Å². The third-order valence-corrected chi connectivity index (χ3v) is 1.64. The fourth-order valence-electron chi connectivity index (χ4n) is 1.01. The second-order valence-electron chi connectivity index (χ2n) is 2.69. The Bertz CT molecular complexity index is 327. The van der Waals surface area contributed by atoms with Gasteiger partial charge in [0.05, 0.1) is 7.11 Å². The van der Waals surface area contributed by atoms with Crippen molar-refractivity contribution in [3.8, 4) is 5.75 Å². The fourth-order valence-corrected chi connectivity index (χ4v) is 1.01. The summed E-state index contributed by atoms with van der Waals surface area (Å²) in [5, 5.41) is 0. The highest BCUT2D eigenvalue weighted by atomic mass is 16.5. The van der Waals surface area contributed by atoms with Crippen LogP contribution in [0.1, 0.15) is 12.5 Å². The largest absolute Gasteiger partial charge is 0.496 e. The molecule has 0 aromatic heterocycles. The molecular weight excluding hydrogens is 164 g/mol. The van der Waals surface area contributed by atoms with Gasteiger partial charge in [-0.3, -0.25) is 4.79 Å². The van der Waals surface area contributed by atoms with Crippen LogP contribution in [0.15, 0.2) is 30.3 Å². The molecule has 0 saturated heterocycles. The number of benzene rings is 1. The minimum atomic E-state index is 0.0332. The number of rotatable bonds is 3. The van der Waals surface area contributed by atoms with Crippen molar-refractivity contribution in [3.63, 3.8) is 0 Å². The lowest BCUT2D eigenvalue weighted by Crippen LogP contribution is -1.86. The Labute approximate surface area is 77.8 Å². The zero-order chi connectivity index (χ0) is 9.68. The Balaban J connectivity index is 2.93. The van der Waals surface area contributed by atoms with Gasteiger partial charge in [0.2, 0.25) is 0 Å². The summed E-state index contributed by atoms with van der Waals surface area (Å²) >= 11 is 0. The summed E-state index contributed by atoms with van der Waals surface area (Å²) in [6.45, 7) is 1.52. The van der Waals surface area contributed by atoms with E-state index in [4.69, 9.17) is 4.74 Å². The molecule has 0 amide bonds. The average Bonchev–Trinajstić information content (AvgIpc) is 2.15. The topological polar surface area (TPSA) is 26.3 Å². The van der Waals surface area contributed by atoms with E-state index in [1.807, 2.05) is 24.3 Å². The molecule has 0 bridgehead atoms. The van der Waals surface area contributed by atoms with Crippen LogP contribution in [0.3, 0.4) is 0 Å².